The summed E-state index contributed by atoms with van der Waals surface area (Å²) in [6.07, 6.45) is 1.96. The highest BCUT2D eigenvalue weighted by molar-refractivity contribution is 5.96. The molecule has 0 amide bonds. The minimum atomic E-state index is 0.284. The third-order valence-electron chi connectivity index (χ3n) is 6.49. The monoisotopic (exact) mass is 433 g/mol. The number of fused-ring (bicyclic) bond motifs is 1. The van der Waals surface area contributed by atoms with E-state index < -0.39 is 0 Å². The van der Waals surface area contributed by atoms with Crippen molar-refractivity contribution in [3.8, 4) is 22.8 Å². The molecule has 2 fully saturated rings. The molecule has 0 atom stereocenters. The van der Waals surface area contributed by atoms with E-state index in [9.17, 15) is 0 Å². The van der Waals surface area contributed by atoms with Crippen LogP contribution in [-0.4, -0.2) is 57.5 Å². The molecule has 2 aromatic carbocycles. The topological polar surface area (TPSA) is 84.7 Å². The number of ether oxygens (including phenoxy) is 2. The first-order chi connectivity index (χ1) is 15.6. The van der Waals surface area contributed by atoms with Crippen LogP contribution < -0.4 is 30.7 Å². The van der Waals surface area contributed by atoms with Gasteiger partial charge in [-0.25, -0.2) is 4.98 Å². The van der Waals surface area contributed by atoms with Crippen LogP contribution in [0.25, 0.3) is 22.2 Å². The van der Waals surface area contributed by atoms with E-state index in [1.807, 2.05) is 12.1 Å². The van der Waals surface area contributed by atoms with Crippen LogP contribution in [0.3, 0.4) is 0 Å². The Morgan fingerprint density at radius 1 is 1.00 bits per heavy atom. The van der Waals surface area contributed by atoms with Gasteiger partial charge in [-0.3, -0.25) is 0 Å². The fourth-order valence-electron chi connectivity index (χ4n) is 4.59. The first-order valence-electron chi connectivity index (χ1n) is 11.3. The van der Waals surface area contributed by atoms with Crippen molar-refractivity contribution in [3.05, 3.63) is 42.5 Å². The molecule has 0 unspecified atom stereocenters. The number of hydrogen-bond acceptors (Lipinski definition) is 7. The summed E-state index contributed by atoms with van der Waals surface area (Å²) in [4.78, 5) is 7.39. The molecule has 168 valence electrons. The van der Waals surface area contributed by atoms with Crippen LogP contribution in [0.15, 0.2) is 42.5 Å². The number of hydrogen-bond donors (Lipinski definition) is 3. The highest BCUT2D eigenvalue weighted by atomic mass is 16.5. The standard InChI is InChI=1S/C25H31N5O2/c1-31-24-13-20-22(28-18-11-17(26)12-18)14-21(29-23(20)15-25(24)32-2)16-3-5-19(6-4-16)30-9-7-27-8-10-30/h3-6,13-15,17-18,27H,7-12,26H2,1-2H3,(H,28,29)/t17-,18-. The zero-order valence-corrected chi connectivity index (χ0v) is 18.7. The van der Waals surface area contributed by atoms with Gasteiger partial charge in [0.2, 0.25) is 0 Å². The molecule has 1 aliphatic carbocycles. The lowest BCUT2D eigenvalue weighted by Gasteiger charge is -2.34. The zero-order valence-electron chi connectivity index (χ0n) is 18.7. The molecule has 2 heterocycles. The Labute approximate surface area is 188 Å². The molecule has 1 aromatic heterocycles. The minimum absolute atomic E-state index is 0.284. The molecule has 32 heavy (non-hydrogen) atoms. The predicted molar refractivity (Wildman–Crippen MR) is 130 cm³/mol. The summed E-state index contributed by atoms with van der Waals surface area (Å²) < 4.78 is 11.1. The maximum Gasteiger partial charge on any atom is 0.162 e. The number of anilines is 2. The van der Waals surface area contributed by atoms with E-state index in [2.05, 4.69) is 45.9 Å². The Morgan fingerprint density at radius 2 is 1.69 bits per heavy atom. The fourth-order valence-corrected chi connectivity index (χ4v) is 4.59. The largest absolute Gasteiger partial charge is 0.493 e. The molecule has 7 nitrogen and oxygen atoms in total. The summed E-state index contributed by atoms with van der Waals surface area (Å²) in [6, 6.07) is 15.5. The summed E-state index contributed by atoms with van der Waals surface area (Å²) >= 11 is 0. The summed E-state index contributed by atoms with van der Waals surface area (Å²) in [7, 11) is 3.31. The molecular formula is C25H31N5O2. The number of aromatic nitrogens is 1. The first kappa shape index (κ1) is 20.8. The van der Waals surface area contributed by atoms with Crippen molar-refractivity contribution < 1.29 is 9.47 Å². The molecule has 4 N–H and O–H groups in total. The van der Waals surface area contributed by atoms with E-state index in [4.69, 9.17) is 20.2 Å². The highest BCUT2D eigenvalue weighted by Crippen LogP contribution is 2.38. The van der Waals surface area contributed by atoms with Gasteiger partial charge in [0.1, 0.15) is 0 Å². The normalized spacial score (nSPS) is 20.7. The van der Waals surface area contributed by atoms with Gasteiger partial charge in [0.15, 0.2) is 11.5 Å². The lowest BCUT2D eigenvalue weighted by atomic mass is 9.87. The van der Waals surface area contributed by atoms with E-state index >= 15 is 0 Å². The number of nitrogens with one attached hydrogen (secondary N) is 2. The average Bonchev–Trinajstić information content (AvgIpc) is 2.82. The Kier molecular flexibility index (Phi) is 5.76. The summed E-state index contributed by atoms with van der Waals surface area (Å²) in [6.45, 7) is 4.12. The first-order valence-corrected chi connectivity index (χ1v) is 11.3. The predicted octanol–water partition coefficient (Wildman–Crippen LogP) is 3.23. The van der Waals surface area contributed by atoms with Gasteiger partial charge in [-0.1, -0.05) is 12.1 Å². The summed E-state index contributed by atoms with van der Waals surface area (Å²) in [5.74, 6) is 1.37. The minimum Gasteiger partial charge on any atom is -0.493 e. The molecule has 7 heteroatoms. The van der Waals surface area contributed by atoms with Crippen molar-refractivity contribution in [2.75, 3.05) is 50.6 Å². The third-order valence-corrected chi connectivity index (χ3v) is 6.49. The number of nitrogens with two attached hydrogens (primary N) is 1. The van der Waals surface area contributed by atoms with Gasteiger partial charge >= 0.3 is 0 Å². The van der Waals surface area contributed by atoms with Crippen molar-refractivity contribution in [2.45, 2.75) is 24.9 Å². The van der Waals surface area contributed by atoms with Gasteiger partial charge in [0, 0.05) is 66.7 Å². The smallest absolute Gasteiger partial charge is 0.162 e. The van der Waals surface area contributed by atoms with Crippen LogP contribution in [0.1, 0.15) is 12.8 Å². The maximum absolute atomic E-state index is 6.02. The molecule has 1 aliphatic heterocycles. The van der Waals surface area contributed by atoms with Crippen LogP contribution in [-0.2, 0) is 0 Å². The van der Waals surface area contributed by atoms with E-state index in [1.165, 1.54) is 5.69 Å². The van der Waals surface area contributed by atoms with Crippen LogP contribution in [0.2, 0.25) is 0 Å². The van der Waals surface area contributed by atoms with Gasteiger partial charge in [-0.15, -0.1) is 0 Å². The second-order valence-electron chi connectivity index (χ2n) is 8.64. The van der Waals surface area contributed by atoms with E-state index in [-0.39, 0.29) is 6.04 Å². The molecule has 0 spiro atoms. The Morgan fingerprint density at radius 3 is 2.34 bits per heavy atom. The average molecular weight is 434 g/mol. The SMILES string of the molecule is COc1cc2nc(-c3ccc(N4CCNCC4)cc3)cc(N[C@H]3C[C@H](N)C3)c2cc1OC. The molecule has 3 aromatic rings. The zero-order chi connectivity index (χ0) is 22.1. The fraction of sp³-hybridized carbons (Fsp3) is 0.400. The Hall–Kier alpha value is -3.03. The molecular weight excluding hydrogens is 402 g/mol. The molecule has 0 bridgehead atoms. The second kappa shape index (κ2) is 8.84. The van der Waals surface area contributed by atoms with Crippen molar-refractivity contribution in [2.24, 2.45) is 5.73 Å². The molecule has 0 radical (unpaired) electrons. The van der Waals surface area contributed by atoms with Gasteiger partial charge in [-0.05, 0) is 37.1 Å². The molecule has 1 saturated carbocycles. The van der Waals surface area contributed by atoms with Crippen molar-refractivity contribution in [1.82, 2.24) is 10.3 Å². The summed E-state index contributed by atoms with van der Waals surface area (Å²) in [5, 5.41) is 8.10. The lowest BCUT2D eigenvalue weighted by Crippen LogP contribution is -2.44. The molecule has 5 rings (SSSR count). The molecule has 2 aliphatic rings. The lowest BCUT2D eigenvalue weighted by molar-refractivity contribution is 0.355. The van der Waals surface area contributed by atoms with Crippen LogP contribution >= 0.6 is 0 Å². The van der Waals surface area contributed by atoms with Crippen LogP contribution in [0, 0.1) is 0 Å². The summed E-state index contributed by atoms with van der Waals surface area (Å²) in [5.41, 5.74) is 11.2. The van der Waals surface area contributed by atoms with Crippen molar-refractivity contribution in [1.29, 1.82) is 0 Å². The van der Waals surface area contributed by atoms with E-state index in [0.717, 1.165) is 66.9 Å². The number of methoxy groups -OCH3 is 2. The second-order valence-corrected chi connectivity index (χ2v) is 8.64. The van der Waals surface area contributed by atoms with Crippen molar-refractivity contribution in [3.63, 3.8) is 0 Å². The maximum atomic E-state index is 6.02. The number of piperazine rings is 1. The quantitative estimate of drug-likeness (QED) is 0.550. The van der Waals surface area contributed by atoms with Crippen LogP contribution in [0.5, 0.6) is 11.5 Å². The van der Waals surface area contributed by atoms with Gasteiger partial charge in [0.05, 0.1) is 25.4 Å². The Balaban J connectivity index is 1.53. The number of pyridine rings is 1. The number of nitrogens with zero attached hydrogens (tertiary/aromatic N) is 2. The molecule has 1 saturated heterocycles. The Bertz CT molecular complexity index is 1090. The van der Waals surface area contributed by atoms with Gasteiger partial charge in [0.25, 0.3) is 0 Å². The van der Waals surface area contributed by atoms with Crippen molar-refractivity contribution >= 4 is 22.3 Å². The van der Waals surface area contributed by atoms with Gasteiger partial charge < -0.3 is 30.7 Å². The van der Waals surface area contributed by atoms with Gasteiger partial charge in [-0.2, -0.15) is 0 Å². The van der Waals surface area contributed by atoms with E-state index in [1.54, 1.807) is 14.2 Å². The third kappa shape index (κ3) is 4.06. The number of rotatable bonds is 6. The number of benzene rings is 2. The van der Waals surface area contributed by atoms with Crippen LogP contribution in [0.4, 0.5) is 11.4 Å². The van der Waals surface area contributed by atoms with E-state index in [0.29, 0.717) is 17.5 Å². The highest BCUT2D eigenvalue weighted by Gasteiger charge is 2.26.